The molecule has 2 aromatic carbocycles. The molecule has 2 amide bonds. The van der Waals surface area contributed by atoms with Crippen LogP contribution in [0.25, 0.3) is 0 Å². The zero-order chi connectivity index (χ0) is 17.5. The van der Waals surface area contributed by atoms with Crippen molar-refractivity contribution in [3.05, 3.63) is 69.8 Å². The summed E-state index contributed by atoms with van der Waals surface area (Å²) in [6.07, 6.45) is 1.68. The Morgan fingerprint density at radius 2 is 1.92 bits per heavy atom. The Hall–Kier alpha value is -2.89. The summed E-state index contributed by atoms with van der Waals surface area (Å²) in [5.41, 5.74) is 2.17. The molecule has 0 fully saturated rings. The zero-order valence-corrected chi connectivity index (χ0v) is 13.8. The van der Waals surface area contributed by atoms with Gasteiger partial charge in [0.15, 0.2) is 0 Å². The minimum atomic E-state index is -0.457. The predicted molar refractivity (Wildman–Crippen MR) is 94.2 cm³/mol. The van der Waals surface area contributed by atoms with Crippen LogP contribution in [0.2, 0.25) is 0 Å². The fraction of sp³-hybridized carbons (Fsp3) is 0.278. The number of benzene rings is 2. The van der Waals surface area contributed by atoms with Crippen LogP contribution in [-0.4, -0.2) is 17.0 Å². The summed E-state index contributed by atoms with van der Waals surface area (Å²) >= 11 is 0. The van der Waals surface area contributed by atoms with Gasteiger partial charge in [0.1, 0.15) is 0 Å². The van der Waals surface area contributed by atoms with Crippen LogP contribution in [0.1, 0.15) is 24.5 Å². The molecule has 2 aromatic rings. The lowest BCUT2D eigenvalue weighted by molar-refractivity contribution is -0.385. The van der Waals surface area contributed by atoms with E-state index in [2.05, 4.69) is 22.8 Å². The van der Waals surface area contributed by atoms with Gasteiger partial charge in [-0.3, -0.25) is 10.1 Å². The number of nitro groups is 1. The van der Waals surface area contributed by atoms with Gasteiger partial charge in [0.25, 0.3) is 5.69 Å². The summed E-state index contributed by atoms with van der Waals surface area (Å²) in [5.74, 6) is 0. The third kappa shape index (κ3) is 5.08. The van der Waals surface area contributed by atoms with Gasteiger partial charge in [-0.1, -0.05) is 36.4 Å². The average molecular weight is 327 g/mol. The number of rotatable bonds is 6. The first-order valence-corrected chi connectivity index (χ1v) is 7.82. The highest BCUT2D eigenvalue weighted by atomic mass is 16.6. The number of carbonyl (C=O) groups is 1. The van der Waals surface area contributed by atoms with Crippen molar-refractivity contribution in [2.45, 2.75) is 32.7 Å². The van der Waals surface area contributed by atoms with E-state index in [4.69, 9.17) is 0 Å². The predicted octanol–water partition coefficient (Wildman–Crippen LogP) is 4.05. The molecule has 6 heteroatoms. The number of nitro benzene ring substituents is 1. The van der Waals surface area contributed by atoms with Crippen LogP contribution in [-0.2, 0) is 6.42 Å². The molecular formula is C18H21N3O3. The number of aryl methyl sites for hydroxylation is 2. The second-order valence-corrected chi connectivity index (χ2v) is 5.78. The molecule has 0 spiro atoms. The lowest BCUT2D eigenvalue weighted by atomic mass is 10.1. The molecule has 2 N–H and O–H groups in total. The van der Waals surface area contributed by atoms with Gasteiger partial charge in [-0.25, -0.2) is 4.79 Å². The van der Waals surface area contributed by atoms with Gasteiger partial charge < -0.3 is 10.6 Å². The number of carbonyl (C=O) groups excluding carboxylic acids is 1. The van der Waals surface area contributed by atoms with Crippen molar-refractivity contribution in [3.8, 4) is 0 Å². The molecule has 0 saturated carbocycles. The van der Waals surface area contributed by atoms with Gasteiger partial charge in [0.05, 0.1) is 4.92 Å². The Bertz CT molecular complexity index is 717. The van der Waals surface area contributed by atoms with E-state index in [0.29, 0.717) is 11.3 Å². The first-order chi connectivity index (χ1) is 11.5. The van der Waals surface area contributed by atoms with Gasteiger partial charge in [0.2, 0.25) is 0 Å². The van der Waals surface area contributed by atoms with Gasteiger partial charge in [-0.15, -0.1) is 0 Å². The number of nitrogens with one attached hydrogen (secondary N) is 2. The summed E-state index contributed by atoms with van der Waals surface area (Å²) in [5, 5.41) is 16.4. The van der Waals surface area contributed by atoms with Crippen LogP contribution in [0.3, 0.4) is 0 Å². The minimum Gasteiger partial charge on any atom is -0.335 e. The monoisotopic (exact) mass is 327 g/mol. The minimum absolute atomic E-state index is 0.00867. The second kappa shape index (κ2) is 8.10. The van der Waals surface area contributed by atoms with Crippen LogP contribution in [0.15, 0.2) is 48.5 Å². The molecule has 0 heterocycles. The fourth-order valence-corrected chi connectivity index (χ4v) is 2.37. The molecule has 0 aliphatic rings. The third-order valence-corrected chi connectivity index (χ3v) is 3.75. The van der Waals surface area contributed by atoms with Crippen LogP contribution in [0, 0.1) is 17.0 Å². The summed E-state index contributed by atoms with van der Waals surface area (Å²) in [4.78, 5) is 22.5. The maximum Gasteiger partial charge on any atom is 0.319 e. The Balaban J connectivity index is 1.86. The third-order valence-electron chi connectivity index (χ3n) is 3.75. The lowest BCUT2D eigenvalue weighted by Gasteiger charge is -2.15. The van der Waals surface area contributed by atoms with Crippen molar-refractivity contribution >= 4 is 17.4 Å². The summed E-state index contributed by atoms with van der Waals surface area (Å²) < 4.78 is 0. The maximum atomic E-state index is 12.0. The molecule has 0 aromatic heterocycles. The van der Waals surface area contributed by atoms with Crippen LogP contribution in [0.4, 0.5) is 16.2 Å². The first kappa shape index (κ1) is 17.5. The summed E-state index contributed by atoms with van der Waals surface area (Å²) in [7, 11) is 0. The summed E-state index contributed by atoms with van der Waals surface area (Å²) in [6.45, 7) is 3.59. The Kier molecular flexibility index (Phi) is 5.89. The lowest BCUT2D eigenvalue weighted by Crippen LogP contribution is -2.36. The van der Waals surface area contributed by atoms with Crippen molar-refractivity contribution in [2.75, 3.05) is 5.32 Å². The van der Waals surface area contributed by atoms with E-state index in [1.807, 2.05) is 25.1 Å². The number of hydrogen-bond donors (Lipinski definition) is 2. The van der Waals surface area contributed by atoms with E-state index >= 15 is 0 Å². The zero-order valence-electron chi connectivity index (χ0n) is 13.8. The van der Waals surface area contributed by atoms with Crippen LogP contribution >= 0.6 is 0 Å². The van der Waals surface area contributed by atoms with Crippen molar-refractivity contribution in [1.29, 1.82) is 0 Å². The topological polar surface area (TPSA) is 84.3 Å². The van der Waals surface area contributed by atoms with E-state index < -0.39 is 4.92 Å². The van der Waals surface area contributed by atoms with Crippen molar-refractivity contribution in [2.24, 2.45) is 0 Å². The highest BCUT2D eigenvalue weighted by Crippen LogP contribution is 2.22. The molecule has 1 atom stereocenters. The van der Waals surface area contributed by atoms with Gasteiger partial charge in [0, 0.05) is 23.4 Å². The van der Waals surface area contributed by atoms with Crippen molar-refractivity contribution in [3.63, 3.8) is 0 Å². The standard InChI is InChI=1S/C18H21N3O3/c1-13-8-11-16(12-17(13)21(23)24)20-18(22)19-14(2)9-10-15-6-4-3-5-7-15/h3-8,11-12,14H,9-10H2,1-2H3,(H2,19,20,22). The molecule has 0 saturated heterocycles. The quantitative estimate of drug-likeness (QED) is 0.620. The van der Waals surface area contributed by atoms with Crippen molar-refractivity contribution < 1.29 is 9.72 Å². The Morgan fingerprint density at radius 1 is 1.21 bits per heavy atom. The molecule has 126 valence electrons. The van der Waals surface area contributed by atoms with Gasteiger partial charge in [-0.2, -0.15) is 0 Å². The second-order valence-electron chi connectivity index (χ2n) is 5.78. The van der Waals surface area contributed by atoms with E-state index in [9.17, 15) is 14.9 Å². The molecule has 2 rings (SSSR count). The molecular weight excluding hydrogens is 306 g/mol. The molecule has 0 aliphatic carbocycles. The van der Waals surface area contributed by atoms with E-state index in [1.165, 1.54) is 11.6 Å². The highest BCUT2D eigenvalue weighted by Gasteiger charge is 2.13. The van der Waals surface area contributed by atoms with Crippen LogP contribution in [0.5, 0.6) is 0 Å². The average Bonchev–Trinajstić information content (AvgIpc) is 2.55. The largest absolute Gasteiger partial charge is 0.335 e. The number of nitrogens with zero attached hydrogens (tertiary/aromatic N) is 1. The van der Waals surface area contributed by atoms with Gasteiger partial charge >= 0.3 is 6.03 Å². The number of hydrogen-bond acceptors (Lipinski definition) is 3. The fourth-order valence-electron chi connectivity index (χ4n) is 2.37. The van der Waals surface area contributed by atoms with E-state index in [1.54, 1.807) is 19.1 Å². The molecule has 6 nitrogen and oxygen atoms in total. The summed E-state index contributed by atoms with van der Waals surface area (Å²) in [6, 6.07) is 14.3. The Labute approximate surface area is 141 Å². The first-order valence-electron chi connectivity index (χ1n) is 7.82. The molecule has 1 unspecified atom stereocenters. The van der Waals surface area contributed by atoms with E-state index in [0.717, 1.165) is 12.8 Å². The van der Waals surface area contributed by atoms with Crippen molar-refractivity contribution in [1.82, 2.24) is 5.32 Å². The maximum absolute atomic E-state index is 12.0. The number of urea groups is 1. The molecule has 0 radical (unpaired) electrons. The van der Waals surface area contributed by atoms with E-state index in [-0.39, 0.29) is 17.8 Å². The van der Waals surface area contributed by atoms with Crippen LogP contribution < -0.4 is 10.6 Å². The SMILES string of the molecule is Cc1ccc(NC(=O)NC(C)CCc2ccccc2)cc1[N+](=O)[O-]. The number of anilines is 1. The molecule has 0 aliphatic heterocycles. The Morgan fingerprint density at radius 3 is 2.58 bits per heavy atom. The highest BCUT2D eigenvalue weighted by molar-refractivity contribution is 5.89. The smallest absolute Gasteiger partial charge is 0.319 e. The number of amides is 2. The van der Waals surface area contributed by atoms with Gasteiger partial charge in [-0.05, 0) is 38.3 Å². The molecule has 0 bridgehead atoms. The molecule has 24 heavy (non-hydrogen) atoms. The normalized spacial score (nSPS) is 11.6.